The second kappa shape index (κ2) is 9.98. The van der Waals surface area contributed by atoms with E-state index in [-0.39, 0.29) is 5.91 Å². The molecule has 0 unspecified atom stereocenters. The maximum atomic E-state index is 12.9. The molecule has 1 N–H and O–H groups in total. The summed E-state index contributed by atoms with van der Waals surface area (Å²) in [6, 6.07) is 17.8. The van der Waals surface area contributed by atoms with E-state index in [1.165, 1.54) is 5.56 Å². The lowest BCUT2D eigenvalue weighted by molar-refractivity contribution is 0.102. The number of carbonyl (C=O) groups excluding carboxylic acids is 1. The Balaban J connectivity index is 1.82. The predicted octanol–water partition coefficient (Wildman–Crippen LogP) is 6.45. The van der Waals surface area contributed by atoms with Gasteiger partial charge in [0.25, 0.3) is 5.91 Å². The molecule has 3 aromatic carbocycles. The fourth-order valence-corrected chi connectivity index (χ4v) is 3.85. The normalized spacial score (nSPS) is 10.6. The van der Waals surface area contributed by atoms with E-state index in [9.17, 15) is 4.79 Å². The number of hydrogen-bond donors (Lipinski definition) is 1. The van der Waals surface area contributed by atoms with Crippen LogP contribution in [-0.2, 0) is 6.61 Å². The van der Waals surface area contributed by atoms with Crippen molar-refractivity contribution in [2.75, 3.05) is 11.9 Å². The molecule has 1 amide bonds. The Morgan fingerprint density at radius 1 is 0.933 bits per heavy atom. The maximum absolute atomic E-state index is 12.9. The number of aryl methyl sites for hydroxylation is 3. The lowest BCUT2D eigenvalue weighted by Crippen LogP contribution is -2.14. The molecule has 3 rings (SSSR count). The van der Waals surface area contributed by atoms with Crippen LogP contribution < -0.4 is 14.8 Å². The molecule has 0 saturated carbocycles. The van der Waals surface area contributed by atoms with Gasteiger partial charge in [-0.2, -0.15) is 0 Å². The van der Waals surface area contributed by atoms with E-state index in [1.807, 2.05) is 57.2 Å². The van der Waals surface area contributed by atoms with E-state index < -0.39 is 0 Å². The third-order valence-electron chi connectivity index (χ3n) is 4.71. The molecule has 0 radical (unpaired) electrons. The van der Waals surface area contributed by atoms with Crippen LogP contribution in [0.15, 0.2) is 54.6 Å². The first kappa shape index (κ1) is 22.2. The largest absolute Gasteiger partial charge is 0.490 e. The minimum atomic E-state index is -0.175. The van der Waals surface area contributed by atoms with Gasteiger partial charge in [-0.25, -0.2) is 0 Å². The number of ether oxygens (including phenoxy) is 2. The zero-order chi connectivity index (χ0) is 21.7. The highest BCUT2D eigenvalue weighted by Gasteiger charge is 2.17. The molecular formula is C25H26INO3. The van der Waals surface area contributed by atoms with Crippen LogP contribution in [0.4, 0.5) is 5.69 Å². The molecule has 0 aromatic heterocycles. The molecule has 30 heavy (non-hydrogen) atoms. The number of nitrogens with one attached hydrogen (secondary N) is 1. The Hall–Kier alpha value is -2.54. The average Bonchev–Trinajstić information content (AvgIpc) is 2.70. The summed E-state index contributed by atoms with van der Waals surface area (Å²) in [7, 11) is 0. The van der Waals surface area contributed by atoms with E-state index in [2.05, 4.69) is 47.0 Å². The van der Waals surface area contributed by atoms with Gasteiger partial charge in [0.2, 0.25) is 0 Å². The lowest BCUT2D eigenvalue weighted by atomic mass is 10.1. The first-order valence-corrected chi connectivity index (χ1v) is 11.0. The molecule has 0 aliphatic carbocycles. The molecule has 0 bridgehead atoms. The van der Waals surface area contributed by atoms with Crippen molar-refractivity contribution < 1.29 is 14.3 Å². The van der Waals surface area contributed by atoms with Gasteiger partial charge in [-0.05, 0) is 79.6 Å². The van der Waals surface area contributed by atoms with Crippen molar-refractivity contribution in [3.63, 3.8) is 0 Å². The molecule has 0 saturated heterocycles. The van der Waals surface area contributed by atoms with Crippen molar-refractivity contribution in [1.29, 1.82) is 0 Å². The van der Waals surface area contributed by atoms with E-state index >= 15 is 0 Å². The number of benzene rings is 3. The Morgan fingerprint density at radius 3 is 2.30 bits per heavy atom. The Bertz CT molecular complexity index is 1050. The topological polar surface area (TPSA) is 47.6 Å². The summed E-state index contributed by atoms with van der Waals surface area (Å²) in [6.45, 7) is 8.91. The highest BCUT2D eigenvalue weighted by Crippen LogP contribution is 2.35. The third kappa shape index (κ3) is 5.53. The summed E-state index contributed by atoms with van der Waals surface area (Å²) >= 11 is 2.19. The van der Waals surface area contributed by atoms with Crippen LogP contribution >= 0.6 is 22.6 Å². The number of hydrogen-bond acceptors (Lipinski definition) is 3. The summed E-state index contributed by atoms with van der Waals surface area (Å²) in [5.41, 5.74) is 5.82. The quantitative estimate of drug-likeness (QED) is 0.368. The van der Waals surface area contributed by atoms with Crippen LogP contribution in [0.3, 0.4) is 0 Å². The first-order chi connectivity index (χ1) is 14.4. The van der Waals surface area contributed by atoms with E-state index in [4.69, 9.17) is 9.47 Å². The molecule has 0 fully saturated rings. The number of carbonyl (C=O) groups is 1. The van der Waals surface area contributed by atoms with Gasteiger partial charge >= 0.3 is 0 Å². The van der Waals surface area contributed by atoms with Gasteiger partial charge in [-0.15, -0.1) is 0 Å². The Morgan fingerprint density at radius 2 is 1.63 bits per heavy atom. The van der Waals surface area contributed by atoms with E-state index in [1.54, 1.807) is 6.07 Å². The molecule has 0 aliphatic rings. The second-order valence-corrected chi connectivity index (χ2v) is 8.43. The first-order valence-electron chi connectivity index (χ1n) is 9.90. The number of rotatable bonds is 7. The number of amides is 1. The molecule has 4 nitrogen and oxygen atoms in total. The SMILES string of the molecule is CCOc1cc(C(=O)Nc2ccc(C)cc2C)cc(I)c1OCc1ccc(C)cc1. The zero-order valence-corrected chi connectivity index (χ0v) is 19.9. The third-order valence-corrected chi connectivity index (χ3v) is 5.51. The molecule has 0 atom stereocenters. The van der Waals surface area contributed by atoms with Crippen molar-refractivity contribution in [2.24, 2.45) is 0 Å². The molecule has 3 aromatic rings. The number of halogens is 1. The summed E-state index contributed by atoms with van der Waals surface area (Å²) < 4.78 is 12.7. The van der Waals surface area contributed by atoms with Gasteiger partial charge < -0.3 is 14.8 Å². The lowest BCUT2D eigenvalue weighted by Gasteiger charge is -2.16. The van der Waals surface area contributed by atoms with Crippen molar-refractivity contribution in [2.45, 2.75) is 34.3 Å². The Labute approximate surface area is 191 Å². The monoisotopic (exact) mass is 515 g/mol. The van der Waals surface area contributed by atoms with Gasteiger partial charge in [0.05, 0.1) is 10.2 Å². The highest BCUT2D eigenvalue weighted by atomic mass is 127. The van der Waals surface area contributed by atoms with Crippen LogP contribution in [0.5, 0.6) is 11.5 Å². The minimum Gasteiger partial charge on any atom is -0.490 e. The average molecular weight is 515 g/mol. The van der Waals surface area contributed by atoms with Crippen molar-refractivity contribution >= 4 is 34.2 Å². The molecule has 5 heteroatoms. The minimum absolute atomic E-state index is 0.175. The molecule has 0 aliphatic heterocycles. The fraction of sp³-hybridized carbons (Fsp3) is 0.240. The molecule has 0 heterocycles. The number of anilines is 1. The summed E-state index contributed by atoms with van der Waals surface area (Å²) in [5, 5.41) is 2.99. The van der Waals surface area contributed by atoms with Gasteiger partial charge in [-0.3, -0.25) is 4.79 Å². The van der Waals surface area contributed by atoms with Crippen LogP contribution in [0.25, 0.3) is 0 Å². The summed E-state index contributed by atoms with van der Waals surface area (Å²) in [5.74, 6) is 1.05. The van der Waals surface area contributed by atoms with Crippen molar-refractivity contribution in [1.82, 2.24) is 0 Å². The van der Waals surface area contributed by atoms with Gasteiger partial charge in [0.15, 0.2) is 11.5 Å². The van der Waals surface area contributed by atoms with E-state index in [0.717, 1.165) is 25.9 Å². The van der Waals surface area contributed by atoms with Crippen LogP contribution in [0, 0.1) is 24.3 Å². The molecule has 0 spiro atoms. The maximum Gasteiger partial charge on any atom is 0.255 e. The van der Waals surface area contributed by atoms with Gasteiger partial charge in [0, 0.05) is 11.3 Å². The van der Waals surface area contributed by atoms with Crippen LogP contribution in [-0.4, -0.2) is 12.5 Å². The van der Waals surface area contributed by atoms with E-state index in [0.29, 0.717) is 30.3 Å². The second-order valence-electron chi connectivity index (χ2n) is 7.27. The van der Waals surface area contributed by atoms with Gasteiger partial charge in [0.1, 0.15) is 6.61 Å². The Kier molecular flexibility index (Phi) is 7.37. The summed E-state index contributed by atoms with van der Waals surface area (Å²) in [6.07, 6.45) is 0. The van der Waals surface area contributed by atoms with Crippen molar-refractivity contribution in [3.05, 3.63) is 86.0 Å². The molecule has 156 valence electrons. The van der Waals surface area contributed by atoms with Gasteiger partial charge in [-0.1, -0.05) is 47.5 Å². The molecular weight excluding hydrogens is 489 g/mol. The summed E-state index contributed by atoms with van der Waals surface area (Å²) in [4.78, 5) is 12.9. The smallest absolute Gasteiger partial charge is 0.255 e. The van der Waals surface area contributed by atoms with Crippen LogP contribution in [0.2, 0.25) is 0 Å². The van der Waals surface area contributed by atoms with Crippen molar-refractivity contribution in [3.8, 4) is 11.5 Å². The van der Waals surface area contributed by atoms with Crippen LogP contribution in [0.1, 0.15) is 39.5 Å². The standard InChI is InChI=1S/C25H26INO3/c1-5-29-23-14-20(25(28)27-22-11-8-17(3)12-18(22)4)13-21(26)24(23)30-15-19-9-6-16(2)7-10-19/h6-14H,5,15H2,1-4H3,(H,27,28). The zero-order valence-electron chi connectivity index (χ0n) is 17.7. The predicted molar refractivity (Wildman–Crippen MR) is 130 cm³/mol. The highest BCUT2D eigenvalue weighted by molar-refractivity contribution is 14.1. The fourth-order valence-electron chi connectivity index (χ4n) is 3.09.